The molecule has 4 rings (SSSR count). The topological polar surface area (TPSA) is 44.9 Å². The van der Waals surface area contributed by atoms with Crippen LogP contribution in [0.4, 0.5) is 0 Å². The number of piperidine rings is 1. The predicted octanol–water partition coefficient (Wildman–Crippen LogP) is 2.77. The van der Waals surface area contributed by atoms with Gasteiger partial charge in [0.15, 0.2) is 0 Å². The minimum atomic E-state index is 0.540. The number of allylic oxidation sites excluding steroid dienone is 1. The van der Waals surface area contributed by atoms with E-state index in [1.54, 1.807) is 0 Å². The van der Waals surface area contributed by atoms with Crippen LogP contribution in [-0.4, -0.2) is 34.1 Å². The smallest absolute Gasteiger partial charge is 0.0866 e. The summed E-state index contributed by atoms with van der Waals surface area (Å²) in [5.41, 5.74) is 3.84. The standard InChI is InChI=1S/C17H18N4/c18-7-11-20-8-5-14(6-9-20)21-10-4-13-12-19-16-3-1-2-15(16)17(13)21/h1-2,4,10,12,14H,3,5-6,8-9,11H2. The fourth-order valence-electron chi connectivity index (χ4n) is 3.60. The SMILES string of the molecule is N#CCN1CCC(n2ccc3cnc4c(c32)C=CC4)CC1. The highest BCUT2D eigenvalue weighted by atomic mass is 15.1. The van der Waals surface area contributed by atoms with Gasteiger partial charge in [-0.2, -0.15) is 5.26 Å². The summed E-state index contributed by atoms with van der Waals surface area (Å²) < 4.78 is 2.44. The zero-order valence-corrected chi connectivity index (χ0v) is 12.0. The number of rotatable bonds is 2. The van der Waals surface area contributed by atoms with Crippen LogP contribution in [0.5, 0.6) is 0 Å². The summed E-state index contributed by atoms with van der Waals surface area (Å²) in [6, 6.07) is 4.97. The molecule has 0 atom stereocenters. The van der Waals surface area contributed by atoms with Gasteiger partial charge in [0, 0.05) is 48.9 Å². The van der Waals surface area contributed by atoms with E-state index in [0.29, 0.717) is 12.6 Å². The maximum absolute atomic E-state index is 8.80. The second kappa shape index (κ2) is 5.01. The molecule has 4 nitrogen and oxygen atoms in total. The molecule has 2 aromatic rings. The molecule has 0 spiro atoms. The second-order valence-corrected chi connectivity index (χ2v) is 5.92. The molecule has 0 unspecified atom stereocenters. The summed E-state index contributed by atoms with van der Waals surface area (Å²) in [4.78, 5) is 6.81. The summed E-state index contributed by atoms with van der Waals surface area (Å²) in [5.74, 6) is 0. The lowest BCUT2D eigenvalue weighted by Crippen LogP contribution is -2.34. The maximum Gasteiger partial charge on any atom is 0.0866 e. The number of hydrogen-bond donors (Lipinski definition) is 0. The van der Waals surface area contributed by atoms with Crippen LogP contribution < -0.4 is 0 Å². The Morgan fingerprint density at radius 1 is 1.33 bits per heavy atom. The Balaban J connectivity index is 1.68. The van der Waals surface area contributed by atoms with E-state index in [0.717, 1.165) is 32.4 Å². The summed E-state index contributed by atoms with van der Waals surface area (Å²) in [6.45, 7) is 2.59. The number of hydrogen-bond acceptors (Lipinski definition) is 3. The van der Waals surface area contributed by atoms with Crippen LogP contribution in [0.2, 0.25) is 0 Å². The van der Waals surface area contributed by atoms with Crippen molar-refractivity contribution in [3.8, 4) is 6.07 Å². The third kappa shape index (κ3) is 2.05. The van der Waals surface area contributed by atoms with Gasteiger partial charge in [-0.15, -0.1) is 0 Å². The first-order valence-corrected chi connectivity index (χ1v) is 7.61. The second-order valence-electron chi connectivity index (χ2n) is 5.92. The lowest BCUT2D eigenvalue weighted by Gasteiger charge is -2.31. The van der Waals surface area contributed by atoms with E-state index in [4.69, 9.17) is 5.26 Å². The third-order valence-electron chi connectivity index (χ3n) is 4.71. The lowest BCUT2D eigenvalue weighted by molar-refractivity contribution is 0.207. The highest BCUT2D eigenvalue weighted by Gasteiger charge is 2.23. The number of nitrogens with zero attached hydrogens (tertiary/aromatic N) is 4. The van der Waals surface area contributed by atoms with E-state index in [1.165, 1.54) is 22.2 Å². The van der Waals surface area contributed by atoms with Crippen molar-refractivity contribution in [2.45, 2.75) is 25.3 Å². The van der Waals surface area contributed by atoms with E-state index in [1.807, 2.05) is 6.20 Å². The first-order valence-electron chi connectivity index (χ1n) is 7.61. The maximum atomic E-state index is 8.80. The zero-order chi connectivity index (χ0) is 14.2. The van der Waals surface area contributed by atoms with Crippen LogP contribution in [0.1, 0.15) is 30.1 Å². The Kier molecular flexibility index (Phi) is 3.01. The Bertz CT molecular complexity index is 742. The Morgan fingerprint density at radius 2 is 2.19 bits per heavy atom. The molecule has 0 bridgehead atoms. The predicted molar refractivity (Wildman–Crippen MR) is 82.8 cm³/mol. The van der Waals surface area contributed by atoms with Gasteiger partial charge in [0.2, 0.25) is 0 Å². The van der Waals surface area contributed by atoms with Crippen molar-refractivity contribution in [2.24, 2.45) is 0 Å². The van der Waals surface area contributed by atoms with E-state index < -0.39 is 0 Å². The van der Waals surface area contributed by atoms with Gasteiger partial charge in [-0.3, -0.25) is 9.88 Å². The quantitative estimate of drug-likeness (QED) is 0.793. The number of aromatic nitrogens is 2. The van der Waals surface area contributed by atoms with Gasteiger partial charge in [0.25, 0.3) is 0 Å². The van der Waals surface area contributed by atoms with Crippen LogP contribution in [0.3, 0.4) is 0 Å². The fourth-order valence-corrected chi connectivity index (χ4v) is 3.60. The molecule has 0 aromatic carbocycles. The average molecular weight is 278 g/mol. The zero-order valence-electron chi connectivity index (χ0n) is 12.0. The molecule has 1 fully saturated rings. The van der Waals surface area contributed by atoms with Crippen molar-refractivity contribution in [1.82, 2.24) is 14.5 Å². The van der Waals surface area contributed by atoms with Crippen LogP contribution in [-0.2, 0) is 6.42 Å². The Labute approximate surface area is 124 Å². The molecule has 0 saturated carbocycles. The monoisotopic (exact) mass is 278 g/mol. The van der Waals surface area contributed by atoms with Crippen LogP contribution >= 0.6 is 0 Å². The first-order chi connectivity index (χ1) is 10.4. The van der Waals surface area contributed by atoms with Gasteiger partial charge in [-0.25, -0.2) is 0 Å². The van der Waals surface area contributed by atoms with Crippen LogP contribution in [0.15, 0.2) is 24.5 Å². The van der Waals surface area contributed by atoms with Crippen molar-refractivity contribution < 1.29 is 0 Å². The van der Waals surface area contributed by atoms with E-state index in [-0.39, 0.29) is 0 Å². The molecule has 3 heterocycles. The van der Waals surface area contributed by atoms with Crippen molar-refractivity contribution in [1.29, 1.82) is 5.26 Å². The van der Waals surface area contributed by atoms with Crippen molar-refractivity contribution in [3.63, 3.8) is 0 Å². The highest BCUT2D eigenvalue weighted by Crippen LogP contribution is 2.32. The largest absolute Gasteiger partial charge is 0.344 e. The minimum Gasteiger partial charge on any atom is -0.344 e. The minimum absolute atomic E-state index is 0.540. The van der Waals surface area contributed by atoms with Crippen LogP contribution in [0, 0.1) is 11.3 Å². The molecule has 21 heavy (non-hydrogen) atoms. The highest BCUT2D eigenvalue weighted by molar-refractivity contribution is 5.90. The van der Waals surface area contributed by atoms with E-state index in [9.17, 15) is 0 Å². The number of likely N-dealkylation sites (tertiary alicyclic amines) is 1. The molecule has 1 aliphatic carbocycles. The van der Waals surface area contributed by atoms with E-state index in [2.05, 4.69) is 44.9 Å². The first kappa shape index (κ1) is 12.6. The van der Waals surface area contributed by atoms with Crippen molar-refractivity contribution in [3.05, 3.63) is 35.8 Å². The lowest BCUT2D eigenvalue weighted by atomic mass is 10.0. The molecular formula is C17H18N4. The molecule has 1 aliphatic heterocycles. The normalized spacial score (nSPS) is 19.0. The van der Waals surface area contributed by atoms with Gasteiger partial charge in [0.05, 0.1) is 23.8 Å². The van der Waals surface area contributed by atoms with Gasteiger partial charge >= 0.3 is 0 Å². The van der Waals surface area contributed by atoms with Crippen molar-refractivity contribution in [2.75, 3.05) is 19.6 Å². The molecule has 1 saturated heterocycles. The van der Waals surface area contributed by atoms with Gasteiger partial charge < -0.3 is 4.57 Å². The summed E-state index contributed by atoms with van der Waals surface area (Å²) in [6.07, 6.45) is 11.8. The molecule has 0 radical (unpaired) electrons. The number of pyridine rings is 1. The number of nitriles is 1. The molecule has 2 aromatic heterocycles. The molecule has 2 aliphatic rings. The summed E-state index contributed by atoms with van der Waals surface area (Å²) in [7, 11) is 0. The van der Waals surface area contributed by atoms with E-state index >= 15 is 0 Å². The van der Waals surface area contributed by atoms with Gasteiger partial charge in [-0.05, 0) is 18.9 Å². The van der Waals surface area contributed by atoms with Crippen molar-refractivity contribution >= 4 is 17.0 Å². The van der Waals surface area contributed by atoms with Crippen LogP contribution in [0.25, 0.3) is 17.0 Å². The molecule has 0 amide bonds. The van der Waals surface area contributed by atoms with Gasteiger partial charge in [0.1, 0.15) is 0 Å². The Hall–Kier alpha value is -2.12. The average Bonchev–Trinajstić information content (AvgIpc) is 3.14. The summed E-state index contributed by atoms with van der Waals surface area (Å²) >= 11 is 0. The fraction of sp³-hybridized carbons (Fsp3) is 0.412. The summed E-state index contributed by atoms with van der Waals surface area (Å²) in [5, 5.41) is 10.0. The Morgan fingerprint density at radius 3 is 3.00 bits per heavy atom. The van der Waals surface area contributed by atoms with Gasteiger partial charge in [-0.1, -0.05) is 12.2 Å². The third-order valence-corrected chi connectivity index (χ3v) is 4.71. The molecule has 0 N–H and O–H groups in total. The number of fused-ring (bicyclic) bond motifs is 3. The molecular weight excluding hydrogens is 260 g/mol. The molecule has 4 heteroatoms. The molecule has 106 valence electrons.